The number of carbonyl (C=O) groups is 3. The van der Waals surface area contributed by atoms with E-state index in [2.05, 4.69) is 6.92 Å². The largest absolute Gasteiger partial charge is 0.472 e. The number of unbranched alkanes of at least 4 members (excludes halogenated alkanes) is 3. The molecule has 6 atom stereocenters. The molecular formula is C30H53NO11P+. The SMILES string of the molecule is CCCCC[C@H](O)/C=C/[C@H]1C(=O)C[C@H](O)[C@@H]1C/C=C\CCCC(=O)O[C@H](COC(C)=O)COP(=O)(O)OCC[N+](C)(C)C. The van der Waals surface area contributed by atoms with Crippen LogP contribution in [0, 0.1) is 11.8 Å². The Balaban J connectivity index is 2.51. The molecule has 13 heteroatoms. The van der Waals surface area contributed by atoms with Gasteiger partial charge < -0.3 is 29.1 Å². The molecule has 0 aliphatic heterocycles. The van der Waals surface area contributed by atoms with Gasteiger partial charge in [0.1, 0.15) is 25.5 Å². The van der Waals surface area contributed by atoms with Crippen molar-refractivity contribution >= 4 is 25.5 Å². The zero-order valence-corrected chi connectivity index (χ0v) is 27.3. The van der Waals surface area contributed by atoms with Crippen LogP contribution in [0.3, 0.4) is 0 Å². The van der Waals surface area contributed by atoms with Crippen LogP contribution >= 0.6 is 7.82 Å². The summed E-state index contributed by atoms with van der Waals surface area (Å²) in [6.45, 7) is 2.89. The molecule has 0 aromatic carbocycles. The Labute approximate surface area is 256 Å². The number of aliphatic hydroxyl groups is 2. The molecule has 1 fully saturated rings. The first-order valence-corrected chi connectivity index (χ1v) is 16.6. The van der Waals surface area contributed by atoms with Gasteiger partial charge >= 0.3 is 19.8 Å². The number of carbonyl (C=O) groups excluding carboxylic acids is 3. The summed E-state index contributed by atoms with van der Waals surface area (Å²) >= 11 is 0. The average Bonchev–Trinajstić information content (AvgIpc) is 3.17. The number of esters is 2. The van der Waals surface area contributed by atoms with Crippen molar-refractivity contribution in [2.24, 2.45) is 11.8 Å². The van der Waals surface area contributed by atoms with E-state index in [0.29, 0.717) is 36.7 Å². The lowest BCUT2D eigenvalue weighted by molar-refractivity contribution is -0.870. The molecule has 0 amide bonds. The summed E-state index contributed by atoms with van der Waals surface area (Å²) in [7, 11) is 1.30. The normalized spacial score (nSPS) is 22.1. The summed E-state index contributed by atoms with van der Waals surface area (Å²) in [6.07, 6.45) is 9.99. The number of phosphoric acid groups is 1. The number of Topliss-reactive ketones (excluding diaryl/α,β-unsaturated/α-hetero) is 1. The van der Waals surface area contributed by atoms with Crippen LogP contribution in [-0.4, -0.2) is 103 Å². The highest BCUT2D eigenvalue weighted by Gasteiger charge is 2.39. The first kappa shape index (κ1) is 39.1. The van der Waals surface area contributed by atoms with Gasteiger partial charge in [-0.1, -0.05) is 50.5 Å². The smallest absolute Gasteiger partial charge is 0.462 e. The van der Waals surface area contributed by atoms with Crippen LogP contribution in [-0.2, 0) is 37.5 Å². The van der Waals surface area contributed by atoms with Crippen molar-refractivity contribution in [3.05, 3.63) is 24.3 Å². The summed E-state index contributed by atoms with van der Waals surface area (Å²) in [6, 6.07) is 0. The Morgan fingerprint density at radius 2 is 1.84 bits per heavy atom. The van der Waals surface area contributed by atoms with E-state index in [4.69, 9.17) is 18.5 Å². The lowest BCUT2D eigenvalue weighted by atomic mass is 9.90. The van der Waals surface area contributed by atoms with Crippen molar-refractivity contribution in [3.63, 3.8) is 0 Å². The number of hydrogen-bond donors (Lipinski definition) is 3. The maximum absolute atomic E-state index is 12.4. The number of aliphatic hydroxyl groups excluding tert-OH is 2. The van der Waals surface area contributed by atoms with Crippen molar-refractivity contribution in [1.82, 2.24) is 0 Å². The second kappa shape index (κ2) is 20.2. The fourth-order valence-corrected chi connectivity index (χ4v) is 5.17. The Hall–Kier alpha value is -1.92. The summed E-state index contributed by atoms with van der Waals surface area (Å²) in [5.41, 5.74) is 0. The van der Waals surface area contributed by atoms with Gasteiger partial charge in [0.2, 0.25) is 0 Å². The van der Waals surface area contributed by atoms with Crippen molar-refractivity contribution in [2.45, 2.75) is 89.9 Å². The summed E-state index contributed by atoms with van der Waals surface area (Å²) in [5.74, 6) is -1.94. The van der Waals surface area contributed by atoms with Crippen molar-refractivity contribution in [3.8, 4) is 0 Å². The molecule has 1 rings (SSSR count). The lowest BCUT2D eigenvalue weighted by Gasteiger charge is -2.24. The second-order valence-corrected chi connectivity index (χ2v) is 13.5. The number of ketones is 1. The van der Waals surface area contributed by atoms with E-state index in [1.807, 2.05) is 33.3 Å². The lowest BCUT2D eigenvalue weighted by Crippen LogP contribution is -2.37. The summed E-state index contributed by atoms with van der Waals surface area (Å²) < 4.78 is 32.8. The number of quaternary nitrogens is 1. The number of likely N-dealkylation sites (N-methyl/N-ethyl adjacent to an activating group) is 1. The highest BCUT2D eigenvalue weighted by Crippen LogP contribution is 2.43. The highest BCUT2D eigenvalue weighted by atomic mass is 31.2. The predicted molar refractivity (Wildman–Crippen MR) is 161 cm³/mol. The molecule has 0 heterocycles. The first-order valence-electron chi connectivity index (χ1n) is 15.1. The van der Waals surface area contributed by atoms with Gasteiger partial charge in [-0.3, -0.25) is 23.4 Å². The van der Waals surface area contributed by atoms with Crippen LogP contribution in [0.1, 0.15) is 71.6 Å². The molecule has 0 bridgehead atoms. The molecule has 1 aliphatic rings. The van der Waals surface area contributed by atoms with Crippen LogP contribution in [0.2, 0.25) is 0 Å². The maximum atomic E-state index is 12.4. The van der Waals surface area contributed by atoms with Gasteiger partial charge in [0, 0.05) is 31.6 Å². The van der Waals surface area contributed by atoms with Crippen LogP contribution in [0.15, 0.2) is 24.3 Å². The first-order chi connectivity index (χ1) is 20.1. The monoisotopic (exact) mass is 634 g/mol. The molecule has 43 heavy (non-hydrogen) atoms. The van der Waals surface area contributed by atoms with Crippen LogP contribution in [0.25, 0.3) is 0 Å². The molecule has 3 N–H and O–H groups in total. The van der Waals surface area contributed by atoms with Gasteiger partial charge in [-0.25, -0.2) is 4.57 Å². The summed E-state index contributed by atoms with van der Waals surface area (Å²) in [5, 5.41) is 20.5. The Morgan fingerprint density at radius 3 is 2.49 bits per heavy atom. The van der Waals surface area contributed by atoms with Crippen molar-refractivity contribution in [2.75, 3.05) is 47.5 Å². The number of allylic oxidation sites excluding steroid dienone is 3. The molecule has 0 aromatic rings. The van der Waals surface area contributed by atoms with E-state index < -0.39 is 50.6 Å². The Morgan fingerprint density at radius 1 is 1.12 bits per heavy atom. The third kappa shape index (κ3) is 18.5. The van der Waals surface area contributed by atoms with Crippen LogP contribution in [0.5, 0.6) is 0 Å². The van der Waals surface area contributed by atoms with Gasteiger partial charge in [0.15, 0.2) is 6.10 Å². The Kier molecular flexibility index (Phi) is 18.3. The molecule has 0 radical (unpaired) electrons. The third-order valence-electron chi connectivity index (χ3n) is 6.92. The Bertz CT molecular complexity index is 962. The molecule has 12 nitrogen and oxygen atoms in total. The standard InChI is InChI=1S/C30H52NO11P/c1-6-7-10-13-24(33)16-17-27-26(28(34)20-29(27)35)14-11-8-9-12-15-30(36)42-25(21-39-23(2)32)22-41-43(37,38)40-19-18-31(3,4)5/h8,11,16-17,24-28,33-34H,6-7,9-10,12-15,18-22H2,1-5H3/p+1/b11-8-,17-16+/t24-,25+,26+,27+,28-/m0/s1. The minimum Gasteiger partial charge on any atom is -0.462 e. The van der Waals surface area contributed by atoms with Gasteiger partial charge in [0.05, 0.1) is 40.0 Å². The fourth-order valence-electron chi connectivity index (χ4n) is 4.42. The molecule has 0 aromatic heterocycles. The van der Waals surface area contributed by atoms with Crippen molar-refractivity contribution < 1.29 is 57.1 Å². The number of phosphoric ester groups is 1. The van der Waals surface area contributed by atoms with E-state index in [0.717, 1.165) is 19.3 Å². The molecular weight excluding hydrogens is 581 g/mol. The minimum absolute atomic E-state index is 0.0190. The van der Waals surface area contributed by atoms with Crippen molar-refractivity contribution in [1.29, 1.82) is 0 Å². The van der Waals surface area contributed by atoms with E-state index in [1.54, 1.807) is 12.2 Å². The highest BCUT2D eigenvalue weighted by molar-refractivity contribution is 7.47. The van der Waals surface area contributed by atoms with E-state index in [9.17, 15) is 34.1 Å². The van der Waals surface area contributed by atoms with E-state index in [1.165, 1.54) is 6.92 Å². The quantitative estimate of drug-likeness (QED) is 0.0525. The number of rotatable bonds is 22. The summed E-state index contributed by atoms with van der Waals surface area (Å²) in [4.78, 5) is 45.9. The zero-order valence-electron chi connectivity index (χ0n) is 26.4. The predicted octanol–water partition coefficient (Wildman–Crippen LogP) is 3.48. The number of nitrogens with zero attached hydrogens (tertiary/aromatic N) is 1. The molecule has 1 aliphatic carbocycles. The topological polar surface area (TPSA) is 166 Å². The third-order valence-corrected chi connectivity index (χ3v) is 7.90. The van der Waals surface area contributed by atoms with Gasteiger partial charge in [-0.05, 0) is 25.7 Å². The number of ether oxygens (including phenoxy) is 2. The molecule has 248 valence electrons. The average molecular weight is 635 g/mol. The van der Waals surface area contributed by atoms with E-state index in [-0.39, 0.29) is 37.8 Å². The minimum atomic E-state index is -4.40. The molecule has 1 unspecified atom stereocenters. The zero-order chi connectivity index (χ0) is 32.5. The van der Waals surface area contributed by atoms with Gasteiger partial charge in [-0.15, -0.1) is 0 Å². The van der Waals surface area contributed by atoms with Crippen LogP contribution < -0.4 is 0 Å². The van der Waals surface area contributed by atoms with Crippen LogP contribution in [0.4, 0.5) is 0 Å². The van der Waals surface area contributed by atoms with E-state index >= 15 is 0 Å². The number of hydrogen-bond acceptors (Lipinski definition) is 10. The fraction of sp³-hybridized carbons (Fsp3) is 0.767. The van der Waals surface area contributed by atoms with Gasteiger partial charge in [0.25, 0.3) is 0 Å². The van der Waals surface area contributed by atoms with Gasteiger partial charge in [-0.2, -0.15) is 0 Å². The maximum Gasteiger partial charge on any atom is 0.472 e. The second-order valence-electron chi connectivity index (χ2n) is 12.0. The molecule has 0 spiro atoms. The molecule has 0 saturated heterocycles. The molecule has 1 saturated carbocycles.